The lowest BCUT2D eigenvalue weighted by Gasteiger charge is -2.08. The molecule has 7 nitrogen and oxygen atoms in total. The van der Waals surface area contributed by atoms with Gasteiger partial charge in [-0.3, -0.25) is 4.79 Å². The molecule has 1 heterocycles. The lowest BCUT2D eigenvalue weighted by molar-refractivity contribution is -0.111. The molecule has 0 aliphatic carbocycles. The molecule has 0 saturated heterocycles. The summed E-state index contributed by atoms with van der Waals surface area (Å²) < 4.78 is 38.1. The largest absolute Gasteiger partial charge is 0.454 e. The molecular weight excluding hydrogens is 428 g/mol. The number of benzene rings is 3. The van der Waals surface area contributed by atoms with Gasteiger partial charge in [0.2, 0.25) is 22.7 Å². The third-order valence-electron chi connectivity index (χ3n) is 4.80. The summed E-state index contributed by atoms with van der Waals surface area (Å²) in [5, 5.41) is 2.71. The van der Waals surface area contributed by atoms with Crippen molar-refractivity contribution in [1.82, 2.24) is 4.72 Å². The van der Waals surface area contributed by atoms with Crippen molar-refractivity contribution in [3.63, 3.8) is 0 Å². The lowest BCUT2D eigenvalue weighted by Crippen LogP contribution is -2.26. The lowest BCUT2D eigenvalue weighted by atomic mass is 10.2. The SMILES string of the molecule is O=C(/C=C/c1ccc2c(c1)OCO2)Nc1ccc(S(=O)(=O)NCCc2ccccc2)cc1. The van der Waals surface area contributed by atoms with Gasteiger partial charge in [-0.25, -0.2) is 13.1 Å². The third kappa shape index (κ3) is 5.54. The Balaban J connectivity index is 1.31. The van der Waals surface area contributed by atoms with Gasteiger partial charge in [0.1, 0.15) is 0 Å². The standard InChI is InChI=1S/C24H22N2O5S/c27-24(13-7-19-6-12-22-23(16-19)31-17-30-22)26-20-8-10-21(11-9-20)32(28,29)25-15-14-18-4-2-1-3-5-18/h1-13,16,25H,14-15,17H2,(H,26,27)/b13-7+. The fourth-order valence-corrected chi connectivity index (χ4v) is 4.18. The first kappa shape index (κ1) is 21.6. The minimum Gasteiger partial charge on any atom is -0.454 e. The van der Waals surface area contributed by atoms with Crippen molar-refractivity contribution in [2.24, 2.45) is 0 Å². The molecule has 3 aromatic rings. The number of ether oxygens (including phenoxy) is 2. The molecule has 0 bridgehead atoms. The summed E-state index contributed by atoms with van der Waals surface area (Å²) in [5.41, 5.74) is 2.35. The molecule has 1 amide bonds. The van der Waals surface area contributed by atoms with Gasteiger partial charge in [0.25, 0.3) is 0 Å². The Bertz CT molecular complexity index is 1220. The maximum atomic E-state index is 12.5. The van der Waals surface area contributed by atoms with Gasteiger partial charge in [0, 0.05) is 18.3 Å². The van der Waals surface area contributed by atoms with Crippen molar-refractivity contribution in [2.75, 3.05) is 18.7 Å². The van der Waals surface area contributed by atoms with Crippen LogP contribution in [0.25, 0.3) is 6.08 Å². The van der Waals surface area contributed by atoms with E-state index < -0.39 is 10.0 Å². The zero-order chi connectivity index (χ0) is 22.4. The Labute approximate surface area is 186 Å². The minimum absolute atomic E-state index is 0.138. The topological polar surface area (TPSA) is 93.7 Å². The van der Waals surface area contributed by atoms with Crippen LogP contribution < -0.4 is 19.5 Å². The monoisotopic (exact) mass is 450 g/mol. The quantitative estimate of drug-likeness (QED) is 0.512. The molecule has 1 aliphatic rings. The maximum Gasteiger partial charge on any atom is 0.248 e. The highest BCUT2D eigenvalue weighted by molar-refractivity contribution is 7.89. The van der Waals surface area contributed by atoms with Crippen molar-refractivity contribution in [1.29, 1.82) is 0 Å². The van der Waals surface area contributed by atoms with Gasteiger partial charge in [-0.1, -0.05) is 36.4 Å². The predicted octanol–water partition coefficient (Wildman–Crippen LogP) is 3.59. The molecule has 2 N–H and O–H groups in total. The molecule has 0 saturated carbocycles. The van der Waals surface area contributed by atoms with Crippen LogP contribution in [0.3, 0.4) is 0 Å². The smallest absolute Gasteiger partial charge is 0.248 e. The van der Waals surface area contributed by atoms with Gasteiger partial charge in [0.05, 0.1) is 4.90 Å². The van der Waals surface area contributed by atoms with E-state index in [0.717, 1.165) is 11.1 Å². The Morgan fingerprint density at radius 3 is 2.47 bits per heavy atom. The van der Waals surface area contributed by atoms with E-state index in [9.17, 15) is 13.2 Å². The highest BCUT2D eigenvalue weighted by atomic mass is 32.2. The van der Waals surface area contributed by atoms with Gasteiger partial charge in [-0.15, -0.1) is 0 Å². The first-order valence-electron chi connectivity index (χ1n) is 10.0. The normalized spacial score (nSPS) is 12.8. The summed E-state index contributed by atoms with van der Waals surface area (Å²) >= 11 is 0. The molecule has 0 atom stereocenters. The summed E-state index contributed by atoms with van der Waals surface area (Å²) in [7, 11) is -3.63. The summed E-state index contributed by atoms with van der Waals surface area (Å²) in [6.07, 6.45) is 3.66. The third-order valence-corrected chi connectivity index (χ3v) is 6.28. The molecule has 4 rings (SSSR count). The van der Waals surface area contributed by atoms with Crippen LogP contribution in [-0.4, -0.2) is 27.7 Å². The van der Waals surface area contributed by atoms with E-state index in [4.69, 9.17) is 9.47 Å². The minimum atomic E-state index is -3.63. The molecule has 0 radical (unpaired) electrons. The molecule has 0 unspecified atom stereocenters. The van der Waals surface area contributed by atoms with Gasteiger partial charge in [-0.2, -0.15) is 0 Å². The second kappa shape index (κ2) is 9.67. The first-order chi connectivity index (χ1) is 15.5. The van der Waals surface area contributed by atoms with E-state index in [1.807, 2.05) is 36.4 Å². The van der Waals surface area contributed by atoms with Gasteiger partial charge < -0.3 is 14.8 Å². The molecule has 0 spiro atoms. The Morgan fingerprint density at radius 2 is 1.69 bits per heavy atom. The zero-order valence-corrected chi connectivity index (χ0v) is 18.0. The van der Waals surface area contributed by atoms with E-state index in [2.05, 4.69) is 10.0 Å². The van der Waals surface area contributed by atoms with Crippen LogP contribution in [-0.2, 0) is 21.2 Å². The van der Waals surface area contributed by atoms with Crippen LogP contribution in [0.1, 0.15) is 11.1 Å². The van der Waals surface area contributed by atoms with Crippen molar-refractivity contribution < 1.29 is 22.7 Å². The summed E-state index contributed by atoms with van der Waals surface area (Å²) in [6, 6.07) is 21.1. The van der Waals surface area contributed by atoms with Gasteiger partial charge in [0.15, 0.2) is 11.5 Å². The van der Waals surface area contributed by atoms with E-state index in [0.29, 0.717) is 30.2 Å². The molecule has 1 aliphatic heterocycles. The van der Waals surface area contributed by atoms with E-state index >= 15 is 0 Å². The summed E-state index contributed by atoms with van der Waals surface area (Å²) in [6.45, 7) is 0.493. The molecule has 3 aromatic carbocycles. The average Bonchev–Trinajstić information content (AvgIpc) is 3.27. The van der Waals surface area contributed by atoms with Crippen LogP contribution in [0.5, 0.6) is 11.5 Å². The van der Waals surface area contributed by atoms with E-state index in [-0.39, 0.29) is 17.6 Å². The molecule has 0 fully saturated rings. The number of carbonyl (C=O) groups excluding carboxylic acids is 1. The highest BCUT2D eigenvalue weighted by Crippen LogP contribution is 2.32. The highest BCUT2D eigenvalue weighted by Gasteiger charge is 2.14. The number of carbonyl (C=O) groups is 1. The van der Waals surface area contributed by atoms with Crippen LogP contribution in [0.4, 0.5) is 5.69 Å². The second-order valence-electron chi connectivity index (χ2n) is 7.09. The number of sulfonamides is 1. The Hall–Kier alpha value is -3.62. The Kier molecular flexibility index (Phi) is 6.53. The van der Waals surface area contributed by atoms with Gasteiger partial charge >= 0.3 is 0 Å². The van der Waals surface area contributed by atoms with Crippen molar-refractivity contribution in [3.8, 4) is 11.5 Å². The number of hydrogen-bond acceptors (Lipinski definition) is 5. The van der Waals surface area contributed by atoms with Crippen molar-refractivity contribution in [2.45, 2.75) is 11.3 Å². The number of fused-ring (bicyclic) bond motifs is 1. The fourth-order valence-electron chi connectivity index (χ4n) is 3.15. The summed E-state index contributed by atoms with van der Waals surface area (Å²) in [5.74, 6) is 0.984. The first-order valence-corrected chi connectivity index (χ1v) is 11.5. The van der Waals surface area contributed by atoms with E-state index in [1.165, 1.54) is 18.2 Å². The van der Waals surface area contributed by atoms with Crippen LogP contribution in [0.2, 0.25) is 0 Å². The number of anilines is 1. The predicted molar refractivity (Wildman–Crippen MR) is 122 cm³/mol. The van der Waals surface area contributed by atoms with Gasteiger partial charge in [-0.05, 0) is 60.0 Å². The van der Waals surface area contributed by atoms with Crippen molar-refractivity contribution >= 4 is 27.7 Å². The van der Waals surface area contributed by atoms with Crippen LogP contribution >= 0.6 is 0 Å². The van der Waals surface area contributed by atoms with Crippen LogP contribution in [0, 0.1) is 0 Å². The fraction of sp³-hybridized carbons (Fsp3) is 0.125. The molecular formula is C24H22N2O5S. The number of hydrogen-bond donors (Lipinski definition) is 2. The molecule has 164 valence electrons. The molecule has 32 heavy (non-hydrogen) atoms. The van der Waals surface area contributed by atoms with E-state index in [1.54, 1.807) is 30.3 Å². The molecule has 8 heteroatoms. The van der Waals surface area contributed by atoms with Crippen molar-refractivity contribution in [3.05, 3.63) is 90.0 Å². The zero-order valence-electron chi connectivity index (χ0n) is 17.2. The average molecular weight is 451 g/mol. The number of rotatable bonds is 8. The number of nitrogens with one attached hydrogen (secondary N) is 2. The molecule has 0 aromatic heterocycles. The second-order valence-corrected chi connectivity index (χ2v) is 8.86. The maximum absolute atomic E-state index is 12.5. The number of amides is 1. The Morgan fingerprint density at radius 1 is 0.938 bits per heavy atom. The van der Waals surface area contributed by atoms with Crippen LogP contribution in [0.15, 0.2) is 83.8 Å². The summed E-state index contributed by atoms with van der Waals surface area (Å²) in [4.78, 5) is 12.3.